The predicted molar refractivity (Wildman–Crippen MR) is 45.2 cm³/mol. The third kappa shape index (κ3) is 2.46. The Labute approximate surface area is 67.9 Å². The molecule has 0 aromatic carbocycles. The Hall–Kier alpha value is -0.630. The number of carbonyl (C=O) groups excluding carboxylic acids is 1. The minimum atomic E-state index is -0.319. The summed E-state index contributed by atoms with van der Waals surface area (Å²) in [5, 5.41) is 8.89. The van der Waals surface area contributed by atoms with E-state index in [1.807, 2.05) is 13.8 Å². The van der Waals surface area contributed by atoms with Crippen molar-refractivity contribution in [1.29, 1.82) is 0 Å². The zero-order valence-corrected chi connectivity index (χ0v) is 7.42. The topological polar surface area (TPSA) is 37.3 Å². The van der Waals surface area contributed by atoms with Gasteiger partial charge in [0.2, 0.25) is 0 Å². The SMILES string of the molecule is C=CC(C)(C)C(CO)C(C)=O. The summed E-state index contributed by atoms with van der Waals surface area (Å²) < 4.78 is 0. The lowest BCUT2D eigenvalue weighted by molar-refractivity contribution is -0.124. The van der Waals surface area contributed by atoms with Gasteiger partial charge < -0.3 is 5.11 Å². The van der Waals surface area contributed by atoms with Crippen molar-refractivity contribution >= 4 is 5.78 Å². The van der Waals surface area contributed by atoms with E-state index in [9.17, 15) is 4.79 Å². The van der Waals surface area contributed by atoms with Gasteiger partial charge in [-0.1, -0.05) is 19.9 Å². The molecule has 0 radical (unpaired) electrons. The maximum Gasteiger partial charge on any atom is 0.136 e. The first-order valence-corrected chi connectivity index (χ1v) is 3.70. The number of carbonyl (C=O) groups is 1. The van der Waals surface area contributed by atoms with Crippen LogP contribution in [0.1, 0.15) is 20.8 Å². The first-order chi connectivity index (χ1) is 4.95. The van der Waals surface area contributed by atoms with Gasteiger partial charge in [0.1, 0.15) is 5.78 Å². The molecule has 0 amide bonds. The summed E-state index contributed by atoms with van der Waals surface area (Å²) in [7, 11) is 0. The third-order valence-electron chi connectivity index (χ3n) is 2.10. The molecule has 0 bridgehead atoms. The molecule has 0 aliphatic rings. The molecule has 0 saturated heterocycles. The van der Waals surface area contributed by atoms with Crippen molar-refractivity contribution < 1.29 is 9.90 Å². The molecule has 0 rings (SSSR count). The first-order valence-electron chi connectivity index (χ1n) is 3.70. The van der Waals surface area contributed by atoms with Crippen LogP contribution in [0.25, 0.3) is 0 Å². The van der Waals surface area contributed by atoms with Gasteiger partial charge in [-0.3, -0.25) is 4.79 Å². The molecule has 0 aromatic heterocycles. The highest BCUT2D eigenvalue weighted by Gasteiger charge is 2.29. The molecule has 0 heterocycles. The molecule has 0 spiro atoms. The summed E-state index contributed by atoms with van der Waals surface area (Å²) in [4.78, 5) is 11.0. The molecule has 1 unspecified atom stereocenters. The van der Waals surface area contributed by atoms with E-state index in [1.165, 1.54) is 6.92 Å². The van der Waals surface area contributed by atoms with Gasteiger partial charge in [-0.05, 0) is 12.3 Å². The molecule has 0 saturated carbocycles. The number of aliphatic hydroxyl groups excluding tert-OH is 1. The summed E-state index contributed by atoms with van der Waals surface area (Å²) in [5.41, 5.74) is -0.305. The van der Waals surface area contributed by atoms with Crippen LogP contribution in [0, 0.1) is 11.3 Å². The van der Waals surface area contributed by atoms with Crippen LogP contribution >= 0.6 is 0 Å². The Kier molecular flexibility index (Phi) is 3.46. The summed E-state index contributed by atoms with van der Waals surface area (Å²) in [6.07, 6.45) is 1.70. The lowest BCUT2D eigenvalue weighted by atomic mass is 9.77. The van der Waals surface area contributed by atoms with E-state index in [0.717, 1.165) is 0 Å². The van der Waals surface area contributed by atoms with Crippen LogP contribution in [-0.4, -0.2) is 17.5 Å². The molecule has 0 fully saturated rings. The second kappa shape index (κ2) is 3.67. The quantitative estimate of drug-likeness (QED) is 0.625. The zero-order chi connectivity index (χ0) is 9.07. The van der Waals surface area contributed by atoms with Gasteiger partial charge in [0, 0.05) is 5.92 Å². The molecule has 0 aliphatic heterocycles. The highest BCUT2D eigenvalue weighted by molar-refractivity contribution is 5.79. The standard InChI is InChI=1S/C9H16O2/c1-5-9(3,4)8(6-10)7(2)11/h5,8,10H,1,6H2,2-4H3. The second-order valence-corrected chi connectivity index (χ2v) is 3.37. The van der Waals surface area contributed by atoms with Crippen molar-refractivity contribution in [2.75, 3.05) is 6.61 Å². The lowest BCUT2D eigenvalue weighted by Crippen LogP contribution is -2.30. The fraction of sp³-hybridized carbons (Fsp3) is 0.667. The zero-order valence-electron chi connectivity index (χ0n) is 7.42. The van der Waals surface area contributed by atoms with Crippen LogP contribution in [0.5, 0.6) is 0 Å². The van der Waals surface area contributed by atoms with Gasteiger partial charge in [0.05, 0.1) is 6.61 Å². The van der Waals surface area contributed by atoms with Crippen LogP contribution in [0.15, 0.2) is 12.7 Å². The lowest BCUT2D eigenvalue weighted by Gasteiger charge is -2.27. The molecular weight excluding hydrogens is 140 g/mol. The molecular formula is C9H16O2. The van der Waals surface area contributed by atoms with Crippen LogP contribution in [0.2, 0.25) is 0 Å². The molecule has 11 heavy (non-hydrogen) atoms. The van der Waals surface area contributed by atoms with Crippen molar-refractivity contribution in [3.05, 3.63) is 12.7 Å². The average Bonchev–Trinajstić information content (AvgIpc) is 1.88. The summed E-state index contributed by atoms with van der Waals surface area (Å²) in [5.74, 6) is -0.308. The number of allylic oxidation sites excluding steroid dienone is 1. The monoisotopic (exact) mass is 156 g/mol. The van der Waals surface area contributed by atoms with E-state index >= 15 is 0 Å². The Morgan fingerprint density at radius 1 is 1.73 bits per heavy atom. The maximum atomic E-state index is 11.0. The molecule has 0 aromatic rings. The van der Waals surface area contributed by atoms with Gasteiger partial charge in [-0.25, -0.2) is 0 Å². The highest BCUT2D eigenvalue weighted by atomic mass is 16.3. The number of ketones is 1. The Morgan fingerprint density at radius 3 is 2.27 bits per heavy atom. The molecule has 64 valence electrons. The van der Waals surface area contributed by atoms with Crippen molar-refractivity contribution in [2.24, 2.45) is 11.3 Å². The molecule has 2 heteroatoms. The number of hydrogen-bond donors (Lipinski definition) is 1. The van der Waals surface area contributed by atoms with E-state index in [4.69, 9.17) is 5.11 Å². The van der Waals surface area contributed by atoms with E-state index in [2.05, 4.69) is 6.58 Å². The van der Waals surface area contributed by atoms with Gasteiger partial charge in [0.15, 0.2) is 0 Å². The van der Waals surface area contributed by atoms with Gasteiger partial charge >= 0.3 is 0 Å². The Balaban J connectivity index is 4.48. The van der Waals surface area contributed by atoms with E-state index in [1.54, 1.807) is 6.08 Å². The van der Waals surface area contributed by atoms with Gasteiger partial charge in [-0.2, -0.15) is 0 Å². The summed E-state index contributed by atoms with van der Waals surface area (Å²) in [6.45, 7) is 8.79. The van der Waals surface area contributed by atoms with E-state index in [0.29, 0.717) is 0 Å². The second-order valence-electron chi connectivity index (χ2n) is 3.37. The maximum absolute atomic E-state index is 11.0. The largest absolute Gasteiger partial charge is 0.396 e. The minimum absolute atomic E-state index is 0.0115. The van der Waals surface area contributed by atoms with Crippen molar-refractivity contribution in [1.82, 2.24) is 0 Å². The number of rotatable bonds is 4. The average molecular weight is 156 g/mol. The van der Waals surface area contributed by atoms with Crippen molar-refractivity contribution in [3.8, 4) is 0 Å². The van der Waals surface area contributed by atoms with Crippen LogP contribution < -0.4 is 0 Å². The fourth-order valence-electron chi connectivity index (χ4n) is 1.03. The van der Waals surface area contributed by atoms with Crippen LogP contribution in [-0.2, 0) is 4.79 Å². The number of hydrogen-bond acceptors (Lipinski definition) is 2. The fourth-order valence-corrected chi connectivity index (χ4v) is 1.03. The minimum Gasteiger partial charge on any atom is -0.396 e. The highest BCUT2D eigenvalue weighted by Crippen LogP contribution is 2.27. The Bertz CT molecular complexity index is 159. The van der Waals surface area contributed by atoms with Crippen molar-refractivity contribution in [3.63, 3.8) is 0 Å². The summed E-state index contributed by atoms with van der Waals surface area (Å²) in [6, 6.07) is 0. The summed E-state index contributed by atoms with van der Waals surface area (Å²) >= 11 is 0. The normalized spacial score (nSPS) is 14.2. The first kappa shape index (κ1) is 10.4. The smallest absolute Gasteiger partial charge is 0.136 e. The van der Waals surface area contributed by atoms with E-state index < -0.39 is 0 Å². The molecule has 2 nitrogen and oxygen atoms in total. The molecule has 1 N–H and O–H groups in total. The van der Waals surface area contributed by atoms with Gasteiger partial charge in [-0.15, -0.1) is 6.58 Å². The third-order valence-corrected chi connectivity index (χ3v) is 2.10. The van der Waals surface area contributed by atoms with Crippen molar-refractivity contribution in [2.45, 2.75) is 20.8 Å². The van der Waals surface area contributed by atoms with Crippen LogP contribution in [0.3, 0.4) is 0 Å². The van der Waals surface area contributed by atoms with Crippen LogP contribution in [0.4, 0.5) is 0 Å². The molecule has 1 atom stereocenters. The number of Topliss-reactive ketones (excluding diaryl/α,β-unsaturated/α-hetero) is 1. The molecule has 0 aliphatic carbocycles. The number of aliphatic hydroxyl groups is 1. The Morgan fingerprint density at radius 2 is 2.18 bits per heavy atom. The van der Waals surface area contributed by atoms with E-state index in [-0.39, 0.29) is 23.7 Å². The van der Waals surface area contributed by atoms with Gasteiger partial charge in [0.25, 0.3) is 0 Å². The predicted octanol–water partition coefficient (Wildman–Crippen LogP) is 1.40.